The molecule has 0 fully saturated rings. The molecular weight excluding hydrogens is 422 g/mol. The quantitative estimate of drug-likeness (QED) is 0.505. The predicted molar refractivity (Wildman–Crippen MR) is 122 cm³/mol. The van der Waals surface area contributed by atoms with Gasteiger partial charge >= 0.3 is 12.1 Å². The van der Waals surface area contributed by atoms with Crippen LogP contribution in [0, 0.1) is 0 Å². The molecule has 0 radical (unpaired) electrons. The summed E-state index contributed by atoms with van der Waals surface area (Å²) in [6.07, 6.45) is 0.539. The Morgan fingerprint density at radius 1 is 1.00 bits per heavy atom. The number of hydrogen-bond donors (Lipinski definition) is 3. The van der Waals surface area contributed by atoms with E-state index in [1.165, 1.54) is 18.3 Å². The van der Waals surface area contributed by atoms with Crippen molar-refractivity contribution in [1.29, 1.82) is 0 Å². The van der Waals surface area contributed by atoms with Crippen LogP contribution in [0.4, 0.5) is 10.5 Å². The topological polar surface area (TPSA) is 118 Å². The highest BCUT2D eigenvalue weighted by atomic mass is 16.5. The molecule has 1 aliphatic carbocycles. The molecule has 8 nitrogen and oxygen atoms in total. The van der Waals surface area contributed by atoms with Gasteiger partial charge in [0.25, 0.3) is 5.91 Å². The van der Waals surface area contributed by atoms with Crippen molar-refractivity contribution in [1.82, 2.24) is 10.3 Å². The Balaban J connectivity index is 1.34. The third-order valence-corrected chi connectivity index (χ3v) is 5.44. The number of hydrogen-bond acceptors (Lipinski definition) is 5. The maximum Gasteiger partial charge on any atom is 0.411 e. The largest absolute Gasteiger partial charge is 0.481 e. The third-order valence-electron chi connectivity index (χ3n) is 5.44. The van der Waals surface area contributed by atoms with Gasteiger partial charge in [-0.2, -0.15) is 0 Å². The fraction of sp³-hybridized carbons (Fsp3) is 0.200. The molecule has 0 unspecified atom stereocenters. The average Bonchev–Trinajstić information content (AvgIpc) is 3.11. The second-order valence-electron chi connectivity index (χ2n) is 7.86. The summed E-state index contributed by atoms with van der Waals surface area (Å²) in [5.41, 5.74) is 5.05. The lowest BCUT2D eigenvalue weighted by Crippen LogP contribution is -2.34. The van der Waals surface area contributed by atoms with Crippen molar-refractivity contribution in [2.24, 2.45) is 0 Å². The van der Waals surface area contributed by atoms with Crippen LogP contribution < -0.4 is 10.6 Å². The molecular formula is C25H23N3O5. The van der Waals surface area contributed by atoms with Crippen LogP contribution in [0.25, 0.3) is 11.1 Å². The van der Waals surface area contributed by atoms with Crippen molar-refractivity contribution in [3.05, 3.63) is 83.7 Å². The molecule has 2 aromatic carbocycles. The van der Waals surface area contributed by atoms with Gasteiger partial charge in [0.15, 0.2) is 0 Å². The minimum Gasteiger partial charge on any atom is -0.481 e. The number of rotatable bonds is 7. The maximum absolute atomic E-state index is 12.4. The molecule has 0 bridgehead atoms. The molecule has 3 N–H and O–H groups in total. The standard InChI is InChI=1S/C25H23N3O5/c1-15(12-23(29)30)27-24(31)22-11-10-16(13-26-22)28-25(32)33-14-21-19-8-4-2-6-17(19)18-7-3-5-9-20(18)21/h2-11,13,15,21H,12,14H2,1H3,(H,27,31)(H,28,32)(H,29,30)/t15-/m0/s1. The molecule has 0 spiro atoms. The minimum absolute atomic E-state index is 0.0415. The molecule has 33 heavy (non-hydrogen) atoms. The van der Waals surface area contributed by atoms with Crippen molar-refractivity contribution in [3.8, 4) is 11.1 Å². The number of carboxylic acid groups (broad SMARTS) is 1. The molecule has 1 heterocycles. The van der Waals surface area contributed by atoms with Crippen LogP contribution in [0.15, 0.2) is 66.9 Å². The Bertz CT molecular complexity index is 1150. The number of carbonyl (C=O) groups is 3. The van der Waals surface area contributed by atoms with Gasteiger partial charge in [-0.05, 0) is 41.3 Å². The Labute approximate surface area is 190 Å². The van der Waals surface area contributed by atoms with Crippen LogP contribution in [0.3, 0.4) is 0 Å². The first-order valence-corrected chi connectivity index (χ1v) is 10.5. The lowest BCUT2D eigenvalue weighted by atomic mass is 9.98. The summed E-state index contributed by atoms with van der Waals surface area (Å²) in [6, 6.07) is 18.6. The normalized spacial score (nSPS) is 12.9. The summed E-state index contributed by atoms with van der Waals surface area (Å²) in [6.45, 7) is 1.79. The number of carbonyl (C=O) groups excluding carboxylic acids is 2. The van der Waals surface area contributed by atoms with E-state index >= 15 is 0 Å². The molecule has 1 aliphatic rings. The molecule has 168 valence electrons. The van der Waals surface area contributed by atoms with Crippen LogP contribution in [0.5, 0.6) is 0 Å². The van der Waals surface area contributed by atoms with Gasteiger partial charge < -0.3 is 15.2 Å². The average molecular weight is 445 g/mol. The van der Waals surface area contributed by atoms with E-state index < -0.39 is 24.0 Å². The van der Waals surface area contributed by atoms with Crippen LogP contribution >= 0.6 is 0 Å². The number of carboxylic acids is 1. The molecule has 1 atom stereocenters. The first kappa shape index (κ1) is 22.0. The number of ether oxygens (including phenoxy) is 1. The number of pyridine rings is 1. The summed E-state index contributed by atoms with van der Waals surface area (Å²) in [5.74, 6) is -1.53. The minimum atomic E-state index is -1.00. The van der Waals surface area contributed by atoms with Gasteiger partial charge in [-0.3, -0.25) is 14.9 Å². The molecule has 0 saturated carbocycles. The van der Waals surface area contributed by atoms with Gasteiger partial charge in [0, 0.05) is 12.0 Å². The van der Waals surface area contributed by atoms with E-state index in [4.69, 9.17) is 9.84 Å². The number of nitrogens with one attached hydrogen (secondary N) is 2. The number of benzene rings is 2. The first-order valence-electron chi connectivity index (χ1n) is 10.5. The van der Waals surface area contributed by atoms with E-state index in [0.29, 0.717) is 5.69 Å². The molecule has 8 heteroatoms. The Kier molecular flexibility index (Phi) is 6.35. The van der Waals surface area contributed by atoms with E-state index in [9.17, 15) is 14.4 Å². The highest BCUT2D eigenvalue weighted by Crippen LogP contribution is 2.44. The van der Waals surface area contributed by atoms with Crippen molar-refractivity contribution in [2.45, 2.75) is 25.3 Å². The number of anilines is 1. The first-order chi connectivity index (χ1) is 15.9. The highest BCUT2D eigenvalue weighted by molar-refractivity contribution is 5.93. The Morgan fingerprint density at radius 3 is 2.21 bits per heavy atom. The van der Waals surface area contributed by atoms with Crippen LogP contribution in [-0.4, -0.2) is 40.7 Å². The summed E-state index contributed by atoms with van der Waals surface area (Å²) in [7, 11) is 0. The van der Waals surface area contributed by atoms with Crippen LogP contribution in [0.1, 0.15) is 40.9 Å². The molecule has 0 aliphatic heterocycles. The monoisotopic (exact) mass is 445 g/mol. The smallest absolute Gasteiger partial charge is 0.411 e. The van der Waals surface area contributed by atoms with E-state index in [0.717, 1.165) is 22.3 Å². The number of amides is 2. The molecule has 2 amide bonds. The predicted octanol–water partition coefficient (Wildman–Crippen LogP) is 4.04. The van der Waals surface area contributed by atoms with Gasteiger partial charge in [-0.1, -0.05) is 48.5 Å². The Hall–Kier alpha value is -4.20. The maximum atomic E-state index is 12.4. The number of aliphatic carboxylic acids is 1. The van der Waals surface area contributed by atoms with Crippen molar-refractivity contribution in [2.75, 3.05) is 11.9 Å². The fourth-order valence-corrected chi connectivity index (χ4v) is 3.97. The van der Waals surface area contributed by atoms with Gasteiger partial charge in [0.2, 0.25) is 0 Å². The summed E-state index contributed by atoms with van der Waals surface area (Å²) >= 11 is 0. The van der Waals surface area contributed by atoms with Crippen LogP contribution in [0.2, 0.25) is 0 Å². The molecule has 4 rings (SSSR count). The second-order valence-corrected chi connectivity index (χ2v) is 7.86. The van der Waals surface area contributed by atoms with Gasteiger partial charge in [-0.25, -0.2) is 9.78 Å². The van der Waals surface area contributed by atoms with Crippen LogP contribution in [-0.2, 0) is 9.53 Å². The van der Waals surface area contributed by atoms with Crippen molar-refractivity contribution in [3.63, 3.8) is 0 Å². The lowest BCUT2D eigenvalue weighted by molar-refractivity contribution is -0.137. The van der Waals surface area contributed by atoms with E-state index in [1.54, 1.807) is 6.92 Å². The van der Waals surface area contributed by atoms with E-state index in [-0.39, 0.29) is 24.6 Å². The Morgan fingerprint density at radius 2 is 1.64 bits per heavy atom. The fourth-order valence-electron chi connectivity index (χ4n) is 3.97. The van der Waals surface area contributed by atoms with Gasteiger partial charge in [-0.15, -0.1) is 0 Å². The SMILES string of the molecule is C[C@@H](CC(=O)O)NC(=O)c1ccc(NC(=O)OCC2c3ccccc3-c3ccccc32)cn1. The van der Waals surface area contributed by atoms with E-state index in [1.807, 2.05) is 36.4 Å². The van der Waals surface area contributed by atoms with Gasteiger partial charge in [0.1, 0.15) is 12.3 Å². The van der Waals surface area contributed by atoms with E-state index in [2.05, 4.69) is 27.8 Å². The number of nitrogens with zero attached hydrogens (tertiary/aromatic N) is 1. The summed E-state index contributed by atoms with van der Waals surface area (Å²) < 4.78 is 5.50. The van der Waals surface area contributed by atoms with Gasteiger partial charge in [0.05, 0.1) is 18.3 Å². The van der Waals surface area contributed by atoms with Crippen molar-refractivity contribution < 1.29 is 24.2 Å². The lowest BCUT2D eigenvalue weighted by Gasteiger charge is -2.14. The highest BCUT2D eigenvalue weighted by Gasteiger charge is 2.29. The zero-order valence-electron chi connectivity index (χ0n) is 17.9. The summed E-state index contributed by atoms with van der Waals surface area (Å²) in [4.78, 5) is 39.3. The zero-order chi connectivity index (χ0) is 23.4. The third kappa shape index (κ3) is 5.01. The summed E-state index contributed by atoms with van der Waals surface area (Å²) in [5, 5.41) is 14.0. The number of fused-ring (bicyclic) bond motifs is 3. The zero-order valence-corrected chi connectivity index (χ0v) is 17.9. The van der Waals surface area contributed by atoms with Crippen molar-refractivity contribution >= 4 is 23.7 Å². The second kappa shape index (κ2) is 9.52. The number of aromatic nitrogens is 1. The molecule has 3 aromatic rings. The molecule has 0 saturated heterocycles. The molecule has 1 aromatic heterocycles.